The molecule has 208 valence electrons. The van der Waals surface area contributed by atoms with Crippen LogP contribution in [0.25, 0.3) is 11.3 Å². The molecular weight excluding hydrogens is 525 g/mol. The standard InChI is InChI=1S/C27H27F3N8O2/c1-17-22(33-18(2)39)4-3-5-23(17)34-25-31-16-32-26(35-25)37-13-10-20(11-14-37)38-15-12-24(36-38)19-6-8-21(9-7-19)40-27(28,29)30/h3-9,12,15-16,20H,10-11,13-14H2,1-2H3,(H,33,39)(H,31,32,34,35). The maximum Gasteiger partial charge on any atom is 0.573 e. The van der Waals surface area contributed by atoms with Crippen LogP contribution in [0.15, 0.2) is 61.1 Å². The molecule has 4 aromatic rings. The first-order valence-electron chi connectivity index (χ1n) is 12.6. The van der Waals surface area contributed by atoms with Crippen LogP contribution < -0.4 is 20.3 Å². The second-order valence-corrected chi connectivity index (χ2v) is 9.36. The Morgan fingerprint density at radius 2 is 1.75 bits per heavy atom. The minimum atomic E-state index is -4.73. The highest BCUT2D eigenvalue weighted by atomic mass is 19.4. The molecule has 2 N–H and O–H groups in total. The summed E-state index contributed by atoms with van der Waals surface area (Å²) in [6.07, 6.45) is 0.251. The molecule has 0 unspecified atom stereocenters. The van der Waals surface area contributed by atoms with Crippen LogP contribution in [0.2, 0.25) is 0 Å². The number of nitrogens with zero attached hydrogens (tertiary/aromatic N) is 6. The topological polar surface area (TPSA) is 110 Å². The van der Waals surface area contributed by atoms with Gasteiger partial charge in [0.1, 0.15) is 12.1 Å². The number of rotatable bonds is 7. The summed E-state index contributed by atoms with van der Waals surface area (Å²) in [7, 11) is 0. The molecule has 2 aromatic heterocycles. The van der Waals surface area contributed by atoms with Crippen molar-refractivity contribution in [3.63, 3.8) is 0 Å². The lowest BCUT2D eigenvalue weighted by Crippen LogP contribution is -2.36. The number of carbonyl (C=O) groups excluding carboxylic acids is 1. The minimum absolute atomic E-state index is 0.147. The van der Waals surface area contributed by atoms with E-state index in [0.717, 1.165) is 24.1 Å². The number of anilines is 4. The number of ether oxygens (including phenoxy) is 1. The largest absolute Gasteiger partial charge is 0.573 e. The predicted octanol–water partition coefficient (Wildman–Crippen LogP) is 5.49. The molecule has 0 bridgehead atoms. The Bertz CT molecular complexity index is 1480. The molecule has 1 saturated heterocycles. The van der Waals surface area contributed by atoms with Crippen molar-refractivity contribution in [2.45, 2.75) is 39.1 Å². The van der Waals surface area contributed by atoms with Crippen molar-refractivity contribution >= 4 is 29.2 Å². The third-order valence-corrected chi connectivity index (χ3v) is 6.56. The van der Waals surface area contributed by atoms with E-state index < -0.39 is 6.36 Å². The third-order valence-electron chi connectivity index (χ3n) is 6.56. The van der Waals surface area contributed by atoms with E-state index in [9.17, 15) is 18.0 Å². The average Bonchev–Trinajstić information content (AvgIpc) is 3.41. The van der Waals surface area contributed by atoms with Crippen LogP contribution in [0.1, 0.15) is 31.4 Å². The molecule has 0 spiro atoms. The number of aromatic nitrogens is 5. The van der Waals surface area contributed by atoms with Crippen LogP contribution in [0.5, 0.6) is 5.75 Å². The molecule has 1 amide bonds. The van der Waals surface area contributed by atoms with Crippen LogP contribution in [0, 0.1) is 6.92 Å². The number of carbonyl (C=O) groups is 1. The summed E-state index contributed by atoms with van der Waals surface area (Å²) < 4.78 is 43.1. The second kappa shape index (κ2) is 11.2. The van der Waals surface area contributed by atoms with Crippen molar-refractivity contribution in [1.29, 1.82) is 0 Å². The fraction of sp³-hybridized carbons (Fsp3) is 0.296. The van der Waals surface area contributed by atoms with Gasteiger partial charge in [0.15, 0.2) is 0 Å². The lowest BCUT2D eigenvalue weighted by molar-refractivity contribution is -0.274. The van der Waals surface area contributed by atoms with Crippen molar-refractivity contribution in [2.24, 2.45) is 0 Å². The quantitative estimate of drug-likeness (QED) is 0.310. The zero-order chi connectivity index (χ0) is 28.3. The maximum absolute atomic E-state index is 12.4. The van der Waals surface area contributed by atoms with Crippen molar-refractivity contribution in [1.82, 2.24) is 24.7 Å². The molecule has 13 heteroatoms. The molecule has 5 rings (SSSR count). The Morgan fingerprint density at radius 1 is 1.02 bits per heavy atom. The van der Waals surface area contributed by atoms with E-state index in [2.05, 4.69) is 40.3 Å². The first-order chi connectivity index (χ1) is 19.1. The molecule has 10 nitrogen and oxygen atoms in total. The minimum Gasteiger partial charge on any atom is -0.406 e. The number of benzene rings is 2. The smallest absolute Gasteiger partial charge is 0.406 e. The maximum atomic E-state index is 12.4. The van der Waals surface area contributed by atoms with Gasteiger partial charge in [-0.3, -0.25) is 9.48 Å². The summed E-state index contributed by atoms with van der Waals surface area (Å²) >= 11 is 0. The number of nitrogens with one attached hydrogen (secondary N) is 2. The number of amides is 1. The number of halogens is 3. The number of hydrogen-bond acceptors (Lipinski definition) is 8. The number of piperidine rings is 1. The van der Waals surface area contributed by atoms with Gasteiger partial charge in [0.2, 0.25) is 17.8 Å². The predicted molar refractivity (Wildman–Crippen MR) is 143 cm³/mol. The number of hydrogen-bond donors (Lipinski definition) is 2. The fourth-order valence-corrected chi connectivity index (χ4v) is 4.57. The lowest BCUT2D eigenvalue weighted by Gasteiger charge is -2.32. The summed E-state index contributed by atoms with van der Waals surface area (Å²) in [4.78, 5) is 26.8. The normalized spacial score (nSPS) is 14.2. The highest BCUT2D eigenvalue weighted by molar-refractivity contribution is 5.90. The van der Waals surface area contributed by atoms with Crippen LogP contribution in [0.3, 0.4) is 0 Å². The molecule has 0 radical (unpaired) electrons. The van der Waals surface area contributed by atoms with E-state index >= 15 is 0 Å². The summed E-state index contributed by atoms with van der Waals surface area (Å²) in [5, 5.41) is 10.7. The zero-order valence-electron chi connectivity index (χ0n) is 21.8. The van der Waals surface area contributed by atoms with Crippen molar-refractivity contribution in [3.05, 3.63) is 66.6 Å². The van der Waals surface area contributed by atoms with Crippen molar-refractivity contribution in [2.75, 3.05) is 28.6 Å². The van der Waals surface area contributed by atoms with Gasteiger partial charge >= 0.3 is 6.36 Å². The third kappa shape index (κ3) is 6.47. The SMILES string of the molecule is CC(=O)Nc1cccc(Nc2ncnc(N3CCC(n4ccc(-c5ccc(OC(F)(F)F)cc5)n4)CC3)n2)c1C. The molecule has 40 heavy (non-hydrogen) atoms. The van der Waals surface area contributed by atoms with Gasteiger partial charge < -0.3 is 20.3 Å². The number of alkyl halides is 3. The Hall–Kier alpha value is -4.68. The van der Waals surface area contributed by atoms with Gasteiger partial charge in [-0.25, -0.2) is 9.97 Å². The van der Waals surface area contributed by atoms with Crippen molar-refractivity contribution < 1.29 is 22.7 Å². The van der Waals surface area contributed by atoms with Crippen LogP contribution in [0.4, 0.5) is 36.4 Å². The first kappa shape index (κ1) is 26.9. The summed E-state index contributed by atoms with van der Waals surface area (Å²) in [6, 6.07) is 13.2. The van der Waals surface area contributed by atoms with Gasteiger partial charge in [0.05, 0.1) is 11.7 Å². The Balaban J connectivity index is 1.20. The van der Waals surface area contributed by atoms with Gasteiger partial charge in [-0.1, -0.05) is 6.07 Å². The summed E-state index contributed by atoms with van der Waals surface area (Å²) in [6.45, 7) is 4.79. The summed E-state index contributed by atoms with van der Waals surface area (Å²) in [5.41, 5.74) is 3.73. The second-order valence-electron chi connectivity index (χ2n) is 9.36. The molecule has 0 saturated carbocycles. The van der Waals surface area contributed by atoms with Gasteiger partial charge in [-0.15, -0.1) is 13.2 Å². The van der Waals surface area contributed by atoms with Gasteiger partial charge in [-0.2, -0.15) is 10.1 Å². The van der Waals surface area contributed by atoms with Gasteiger partial charge in [0, 0.05) is 43.1 Å². The fourth-order valence-electron chi connectivity index (χ4n) is 4.57. The molecule has 0 aliphatic carbocycles. The Labute approximate surface area is 228 Å². The van der Waals surface area contributed by atoms with E-state index in [1.807, 2.05) is 42.1 Å². The van der Waals surface area contributed by atoms with E-state index in [1.165, 1.54) is 25.4 Å². The average molecular weight is 553 g/mol. The van der Waals surface area contributed by atoms with Crippen LogP contribution in [-0.4, -0.2) is 50.1 Å². The molecule has 0 atom stereocenters. The highest BCUT2D eigenvalue weighted by Crippen LogP contribution is 2.29. The molecule has 1 fully saturated rings. The summed E-state index contributed by atoms with van der Waals surface area (Å²) in [5.74, 6) is 0.548. The monoisotopic (exact) mass is 552 g/mol. The van der Waals surface area contributed by atoms with E-state index in [0.29, 0.717) is 41.9 Å². The van der Waals surface area contributed by atoms with Gasteiger partial charge in [0.25, 0.3) is 0 Å². The Morgan fingerprint density at radius 3 is 2.45 bits per heavy atom. The van der Waals surface area contributed by atoms with Gasteiger partial charge in [-0.05, 0) is 67.8 Å². The van der Waals surface area contributed by atoms with E-state index in [4.69, 9.17) is 0 Å². The van der Waals surface area contributed by atoms with Crippen LogP contribution >= 0.6 is 0 Å². The Kier molecular flexibility index (Phi) is 7.54. The van der Waals surface area contributed by atoms with Crippen molar-refractivity contribution in [3.8, 4) is 17.0 Å². The molecule has 2 aromatic carbocycles. The first-order valence-corrected chi connectivity index (χ1v) is 12.6. The molecular formula is C27H27F3N8O2. The van der Waals surface area contributed by atoms with E-state index in [1.54, 1.807) is 12.1 Å². The van der Waals surface area contributed by atoms with Crippen LogP contribution in [-0.2, 0) is 4.79 Å². The molecule has 1 aliphatic heterocycles. The lowest BCUT2D eigenvalue weighted by atomic mass is 10.1. The molecule has 1 aliphatic rings. The zero-order valence-corrected chi connectivity index (χ0v) is 21.8. The highest BCUT2D eigenvalue weighted by Gasteiger charge is 2.31. The molecule has 3 heterocycles. The van der Waals surface area contributed by atoms with E-state index in [-0.39, 0.29) is 17.7 Å².